The summed E-state index contributed by atoms with van der Waals surface area (Å²) in [7, 11) is -4.15. The van der Waals surface area contributed by atoms with E-state index in [2.05, 4.69) is 5.32 Å². The predicted octanol–water partition coefficient (Wildman–Crippen LogP) is 6.80. The molecular weight excluding hydrogens is 613 g/mol. The van der Waals surface area contributed by atoms with Gasteiger partial charge in [-0.15, -0.1) is 11.8 Å². The van der Waals surface area contributed by atoms with Crippen molar-refractivity contribution in [1.82, 2.24) is 10.2 Å². The molecule has 0 saturated heterocycles. The number of hydrogen-bond acceptors (Lipinski definition) is 5. The molecule has 226 valence electrons. The van der Waals surface area contributed by atoms with Crippen LogP contribution < -0.4 is 9.62 Å². The predicted molar refractivity (Wildman–Crippen MR) is 173 cm³/mol. The van der Waals surface area contributed by atoms with Gasteiger partial charge in [0.1, 0.15) is 12.6 Å². The van der Waals surface area contributed by atoms with Crippen LogP contribution in [0.2, 0.25) is 10.0 Å². The summed E-state index contributed by atoms with van der Waals surface area (Å²) in [5.41, 5.74) is 1.87. The molecule has 0 aliphatic rings. The normalized spacial score (nSPS) is 12.2. The number of hydrogen-bond donors (Lipinski definition) is 1. The van der Waals surface area contributed by atoms with E-state index >= 15 is 0 Å². The van der Waals surface area contributed by atoms with Crippen molar-refractivity contribution in [2.24, 2.45) is 5.92 Å². The second kappa shape index (κ2) is 15.1. The number of anilines is 1. The summed E-state index contributed by atoms with van der Waals surface area (Å²) in [5, 5.41) is 3.70. The zero-order valence-corrected chi connectivity index (χ0v) is 27.6. The van der Waals surface area contributed by atoms with Crippen molar-refractivity contribution in [1.29, 1.82) is 0 Å². The van der Waals surface area contributed by atoms with Crippen molar-refractivity contribution < 1.29 is 18.0 Å². The van der Waals surface area contributed by atoms with E-state index in [0.717, 1.165) is 14.8 Å². The van der Waals surface area contributed by atoms with Gasteiger partial charge < -0.3 is 10.2 Å². The SMILES string of the molecule is CC[C@H](C(=O)NCC(C)C)N(Cc1ccc(Cl)cc1Cl)C(=O)CN(c1ccc(C)cc1)S(=O)(=O)c1ccc(SC)cc1. The highest BCUT2D eigenvalue weighted by Gasteiger charge is 2.34. The quantitative estimate of drug-likeness (QED) is 0.206. The van der Waals surface area contributed by atoms with E-state index in [1.165, 1.54) is 28.8 Å². The van der Waals surface area contributed by atoms with Crippen LogP contribution in [0, 0.1) is 12.8 Å². The Bertz CT molecular complexity index is 1480. The molecule has 1 N–H and O–H groups in total. The molecule has 11 heteroatoms. The molecule has 0 radical (unpaired) electrons. The van der Waals surface area contributed by atoms with Crippen LogP contribution in [0.1, 0.15) is 38.3 Å². The number of carbonyl (C=O) groups excluding carboxylic acids is 2. The van der Waals surface area contributed by atoms with E-state index < -0.39 is 28.5 Å². The number of thioether (sulfide) groups is 1. The van der Waals surface area contributed by atoms with Gasteiger partial charge in [0.2, 0.25) is 11.8 Å². The lowest BCUT2D eigenvalue weighted by Gasteiger charge is -2.33. The maximum absolute atomic E-state index is 14.2. The zero-order chi connectivity index (χ0) is 31.0. The number of halogens is 2. The van der Waals surface area contributed by atoms with Gasteiger partial charge in [0.15, 0.2) is 0 Å². The first-order valence-electron chi connectivity index (χ1n) is 13.6. The number of carbonyl (C=O) groups is 2. The average molecular weight is 651 g/mol. The Balaban J connectivity index is 2.06. The molecule has 0 aromatic heterocycles. The van der Waals surface area contributed by atoms with E-state index in [-0.39, 0.29) is 23.3 Å². The number of nitrogens with one attached hydrogen (secondary N) is 1. The maximum atomic E-state index is 14.2. The zero-order valence-electron chi connectivity index (χ0n) is 24.4. The molecule has 0 unspecified atom stereocenters. The third-order valence-electron chi connectivity index (χ3n) is 6.67. The molecule has 0 aliphatic carbocycles. The Morgan fingerprint density at radius 1 is 0.976 bits per heavy atom. The molecule has 3 aromatic rings. The Morgan fingerprint density at radius 3 is 2.17 bits per heavy atom. The average Bonchev–Trinajstić information content (AvgIpc) is 2.96. The number of rotatable bonds is 13. The van der Waals surface area contributed by atoms with Crippen molar-refractivity contribution in [3.05, 3.63) is 87.9 Å². The minimum absolute atomic E-state index is 0.00730. The smallest absolute Gasteiger partial charge is 0.264 e. The van der Waals surface area contributed by atoms with Gasteiger partial charge in [0, 0.05) is 28.0 Å². The summed E-state index contributed by atoms with van der Waals surface area (Å²) >= 11 is 14.1. The summed E-state index contributed by atoms with van der Waals surface area (Å²) in [6.45, 7) is 7.58. The molecule has 2 amide bonds. The first-order valence-corrected chi connectivity index (χ1v) is 17.0. The minimum Gasteiger partial charge on any atom is -0.354 e. The van der Waals surface area contributed by atoms with Crippen LogP contribution >= 0.6 is 35.0 Å². The lowest BCUT2D eigenvalue weighted by molar-refractivity contribution is -0.140. The van der Waals surface area contributed by atoms with Crippen molar-refractivity contribution >= 4 is 62.5 Å². The van der Waals surface area contributed by atoms with Gasteiger partial charge in [0.25, 0.3) is 10.0 Å². The van der Waals surface area contributed by atoms with Gasteiger partial charge in [-0.1, -0.05) is 67.7 Å². The molecule has 0 saturated carbocycles. The largest absolute Gasteiger partial charge is 0.354 e. The number of benzene rings is 3. The highest BCUT2D eigenvalue weighted by Crippen LogP contribution is 2.28. The van der Waals surface area contributed by atoms with E-state index in [0.29, 0.717) is 34.3 Å². The fourth-order valence-electron chi connectivity index (χ4n) is 4.29. The van der Waals surface area contributed by atoms with Crippen LogP contribution in [0.5, 0.6) is 0 Å². The number of sulfonamides is 1. The third kappa shape index (κ3) is 8.66. The maximum Gasteiger partial charge on any atom is 0.264 e. The van der Waals surface area contributed by atoms with Crippen LogP contribution in [0.25, 0.3) is 0 Å². The van der Waals surface area contributed by atoms with Crippen LogP contribution in [0.4, 0.5) is 5.69 Å². The van der Waals surface area contributed by atoms with Crippen molar-refractivity contribution in [3.63, 3.8) is 0 Å². The molecule has 3 rings (SSSR count). The van der Waals surface area contributed by atoms with Crippen LogP contribution in [-0.2, 0) is 26.2 Å². The van der Waals surface area contributed by atoms with Crippen LogP contribution in [0.3, 0.4) is 0 Å². The summed E-state index contributed by atoms with van der Waals surface area (Å²) in [6, 6.07) is 17.5. The van der Waals surface area contributed by atoms with Crippen LogP contribution in [0.15, 0.2) is 76.5 Å². The summed E-state index contributed by atoms with van der Waals surface area (Å²) in [5.74, 6) is -0.652. The highest BCUT2D eigenvalue weighted by atomic mass is 35.5. The first kappa shape index (κ1) is 33.8. The molecule has 3 aromatic carbocycles. The summed E-state index contributed by atoms with van der Waals surface area (Å²) in [6.07, 6.45) is 2.22. The number of aryl methyl sites for hydroxylation is 1. The van der Waals surface area contributed by atoms with E-state index in [9.17, 15) is 18.0 Å². The van der Waals surface area contributed by atoms with E-state index in [4.69, 9.17) is 23.2 Å². The molecule has 0 fully saturated rings. The number of nitrogens with zero attached hydrogens (tertiary/aromatic N) is 2. The Hall–Kier alpha value is -2.72. The van der Waals surface area contributed by atoms with E-state index in [1.54, 1.807) is 54.6 Å². The van der Waals surface area contributed by atoms with Crippen molar-refractivity contribution in [2.45, 2.75) is 56.5 Å². The third-order valence-corrected chi connectivity index (χ3v) is 9.79. The lowest BCUT2D eigenvalue weighted by Crippen LogP contribution is -2.52. The van der Waals surface area contributed by atoms with Gasteiger partial charge in [-0.2, -0.15) is 0 Å². The van der Waals surface area contributed by atoms with Gasteiger partial charge in [-0.05, 0) is 79.6 Å². The molecule has 1 atom stereocenters. The topological polar surface area (TPSA) is 86.8 Å². The second-order valence-corrected chi connectivity index (χ2v) is 13.9. The summed E-state index contributed by atoms with van der Waals surface area (Å²) < 4.78 is 29.1. The fraction of sp³-hybridized carbons (Fsp3) is 0.355. The molecule has 0 aliphatic heterocycles. The van der Waals surface area contributed by atoms with Crippen molar-refractivity contribution in [3.8, 4) is 0 Å². The molecule has 0 bridgehead atoms. The van der Waals surface area contributed by atoms with E-state index in [1.807, 2.05) is 34.0 Å². The van der Waals surface area contributed by atoms with Crippen molar-refractivity contribution in [2.75, 3.05) is 23.7 Å². The van der Waals surface area contributed by atoms with Gasteiger partial charge in [-0.25, -0.2) is 8.42 Å². The fourth-order valence-corrected chi connectivity index (χ4v) is 6.58. The molecular formula is C31H37Cl2N3O4S2. The molecule has 42 heavy (non-hydrogen) atoms. The Kier molecular flexibility index (Phi) is 12.2. The summed E-state index contributed by atoms with van der Waals surface area (Å²) in [4.78, 5) is 29.9. The number of amides is 2. The highest BCUT2D eigenvalue weighted by molar-refractivity contribution is 7.98. The molecule has 7 nitrogen and oxygen atoms in total. The molecule has 0 heterocycles. The van der Waals surface area contributed by atoms with Gasteiger partial charge in [-0.3, -0.25) is 13.9 Å². The Morgan fingerprint density at radius 2 is 1.62 bits per heavy atom. The standard InChI is InChI=1S/C31H37Cl2N3O4S2/c1-6-29(31(38)34-18-21(2)3)35(19-23-9-10-24(32)17-28(23)33)30(37)20-36(25-11-7-22(4)8-12-25)42(39,40)27-15-13-26(41-5)14-16-27/h7-17,21,29H,6,18-20H2,1-5H3,(H,34,38)/t29-/m1/s1. The first-order chi connectivity index (χ1) is 19.9. The minimum atomic E-state index is -4.15. The van der Waals surface area contributed by atoms with Gasteiger partial charge in [0.05, 0.1) is 10.6 Å². The Labute approximate surface area is 263 Å². The monoisotopic (exact) mass is 649 g/mol. The molecule has 0 spiro atoms. The second-order valence-electron chi connectivity index (χ2n) is 10.3. The van der Waals surface area contributed by atoms with Gasteiger partial charge >= 0.3 is 0 Å². The lowest BCUT2D eigenvalue weighted by atomic mass is 10.1. The van der Waals surface area contributed by atoms with Crippen LogP contribution in [-0.4, -0.2) is 50.5 Å².